The van der Waals surface area contributed by atoms with Crippen molar-refractivity contribution in [1.82, 2.24) is 4.90 Å². The monoisotopic (exact) mass is 213 g/mol. The van der Waals surface area contributed by atoms with E-state index < -0.39 is 0 Å². The minimum atomic E-state index is 0.0145. The van der Waals surface area contributed by atoms with E-state index in [1.807, 2.05) is 0 Å². The molecule has 0 bridgehead atoms. The van der Waals surface area contributed by atoms with E-state index in [4.69, 9.17) is 9.47 Å². The molecule has 0 unspecified atom stereocenters. The SMILES string of the molecule is CC(C)(C)OC1CC(N2CCOCC2)C1. The Morgan fingerprint density at radius 2 is 1.73 bits per heavy atom. The van der Waals surface area contributed by atoms with Crippen LogP contribution in [0.5, 0.6) is 0 Å². The van der Waals surface area contributed by atoms with Crippen molar-refractivity contribution >= 4 is 0 Å². The Hall–Kier alpha value is -0.120. The fourth-order valence-electron chi connectivity index (χ4n) is 2.37. The highest BCUT2D eigenvalue weighted by molar-refractivity contribution is 4.90. The van der Waals surface area contributed by atoms with Crippen LogP contribution in [0.25, 0.3) is 0 Å². The quantitative estimate of drug-likeness (QED) is 0.696. The Kier molecular flexibility index (Phi) is 3.33. The standard InChI is InChI=1S/C12H23NO2/c1-12(2,3)15-11-8-10(9-11)13-4-6-14-7-5-13/h10-11H,4-9H2,1-3H3. The summed E-state index contributed by atoms with van der Waals surface area (Å²) in [5, 5.41) is 0. The van der Waals surface area contributed by atoms with E-state index in [1.165, 1.54) is 12.8 Å². The van der Waals surface area contributed by atoms with Crippen LogP contribution in [0, 0.1) is 0 Å². The lowest BCUT2D eigenvalue weighted by atomic mass is 9.87. The van der Waals surface area contributed by atoms with Gasteiger partial charge in [-0.25, -0.2) is 0 Å². The number of hydrogen-bond donors (Lipinski definition) is 0. The van der Waals surface area contributed by atoms with Crippen LogP contribution in [0.4, 0.5) is 0 Å². The molecular formula is C12H23NO2. The maximum atomic E-state index is 5.94. The average Bonchev–Trinajstić information content (AvgIpc) is 2.11. The topological polar surface area (TPSA) is 21.7 Å². The van der Waals surface area contributed by atoms with Gasteiger partial charge in [0.2, 0.25) is 0 Å². The molecule has 88 valence electrons. The third-order valence-corrected chi connectivity index (χ3v) is 3.15. The molecule has 0 aromatic rings. The van der Waals surface area contributed by atoms with Crippen LogP contribution in [-0.2, 0) is 9.47 Å². The molecule has 0 amide bonds. The molecular weight excluding hydrogens is 190 g/mol. The van der Waals surface area contributed by atoms with Crippen molar-refractivity contribution in [1.29, 1.82) is 0 Å². The lowest BCUT2D eigenvalue weighted by Crippen LogP contribution is -2.53. The Morgan fingerprint density at radius 1 is 1.13 bits per heavy atom. The van der Waals surface area contributed by atoms with E-state index >= 15 is 0 Å². The zero-order valence-corrected chi connectivity index (χ0v) is 10.2. The molecule has 2 rings (SSSR count). The molecule has 3 heteroatoms. The van der Waals surface area contributed by atoms with Crippen molar-refractivity contribution in [3.05, 3.63) is 0 Å². The Morgan fingerprint density at radius 3 is 2.27 bits per heavy atom. The Bertz CT molecular complexity index is 200. The van der Waals surface area contributed by atoms with E-state index in [-0.39, 0.29) is 5.60 Å². The van der Waals surface area contributed by atoms with E-state index in [9.17, 15) is 0 Å². The summed E-state index contributed by atoms with van der Waals surface area (Å²) < 4.78 is 11.3. The summed E-state index contributed by atoms with van der Waals surface area (Å²) in [5.41, 5.74) is 0.0145. The van der Waals surface area contributed by atoms with Gasteiger partial charge in [-0.2, -0.15) is 0 Å². The zero-order chi connectivity index (χ0) is 10.9. The fourth-order valence-corrected chi connectivity index (χ4v) is 2.37. The molecule has 0 spiro atoms. The van der Waals surface area contributed by atoms with Crippen molar-refractivity contribution in [2.45, 2.75) is 51.4 Å². The van der Waals surface area contributed by atoms with Crippen LogP contribution in [0.3, 0.4) is 0 Å². The van der Waals surface area contributed by atoms with E-state index in [2.05, 4.69) is 25.7 Å². The molecule has 1 saturated carbocycles. The van der Waals surface area contributed by atoms with Crippen molar-refractivity contribution in [2.75, 3.05) is 26.3 Å². The van der Waals surface area contributed by atoms with Crippen molar-refractivity contribution < 1.29 is 9.47 Å². The van der Waals surface area contributed by atoms with E-state index in [0.29, 0.717) is 6.10 Å². The Labute approximate surface area is 92.7 Å². The van der Waals surface area contributed by atoms with Gasteiger partial charge in [0.25, 0.3) is 0 Å². The third-order valence-electron chi connectivity index (χ3n) is 3.15. The van der Waals surface area contributed by atoms with Gasteiger partial charge in [0.15, 0.2) is 0 Å². The van der Waals surface area contributed by atoms with Gasteiger partial charge in [0.05, 0.1) is 24.9 Å². The number of rotatable bonds is 2. The summed E-state index contributed by atoms with van der Waals surface area (Å²) >= 11 is 0. The van der Waals surface area contributed by atoms with E-state index in [1.54, 1.807) is 0 Å². The lowest BCUT2D eigenvalue weighted by molar-refractivity contribution is -0.128. The maximum Gasteiger partial charge on any atom is 0.0612 e. The summed E-state index contributed by atoms with van der Waals surface area (Å²) in [6.07, 6.45) is 2.90. The predicted molar refractivity (Wildman–Crippen MR) is 60.0 cm³/mol. The highest BCUT2D eigenvalue weighted by Crippen LogP contribution is 2.31. The first-order valence-corrected chi connectivity index (χ1v) is 6.04. The number of morpholine rings is 1. The molecule has 1 aliphatic carbocycles. The molecule has 2 fully saturated rings. The van der Waals surface area contributed by atoms with Gasteiger partial charge >= 0.3 is 0 Å². The van der Waals surface area contributed by atoms with Crippen LogP contribution in [0.1, 0.15) is 33.6 Å². The zero-order valence-electron chi connectivity index (χ0n) is 10.2. The van der Waals surface area contributed by atoms with E-state index in [0.717, 1.165) is 32.3 Å². The molecule has 2 aliphatic rings. The first-order chi connectivity index (χ1) is 7.04. The van der Waals surface area contributed by atoms with Crippen molar-refractivity contribution in [3.63, 3.8) is 0 Å². The maximum absolute atomic E-state index is 5.94. The molecule has 15 heavy (non-hydrogen) atoms. The normalized spacial score (nSPS) is 33.8. The predicted octanol–water partition coefficient (Wildman–Crippen LogP) is 1.66. The minimum Gasteiger partial charge on any atom is -0.379 e. The minimum absolute atomic E-state index is 0.0145. The largest absolute Gasteiger partial charge is 0.379 e. The summed E-state index contributed by atoms with van der Waals surface area (Å²) in [4.78, 5) is 2.55. The van der Waals surface area contributed by atoms with Crippen LogP contribution in [0.2, 0.25) is 0 Å². The Balaban J connectivity index is 1.68. The van der Waals surface area contributed by atoms with Gasteiger partial charge in [0, 0.05) is 19.1 Å². The summed E-state index contributed by atoms with van der Waals surface area (Å²) in [7, 11) is 0. The van der Waals surface area contributed by atoms with Crippen LogP contribution in [0.15, 0.2) is 0 Å². The summed E-state index contributed by atoms with van der Waals surface area (Å²) in [6.45, 7) is 10.4. The van der Waals surface area contributed by atoms with Gasteiger partial charge in [-0.3, -0.25) is 4.90 Å². The number of nitrogens with zero attached hydrogens (tertiary/aromatic N) is 1. The third kappa shape index (κ3) is 3.16. The highest BCUT2D eigenvalue weighted by atomic mass is 16.5. The molecule has 0 aromatic carbocycles. The van der Waals surface area contributed by atoms with Crippen molar-refractivity contribution in [2.24, 2.45) is 0 Å². The van der Waals surface area contributed by atoms with Crippen molar-refractivity contribution in [3.8, 4) is 0 Å². The summed E-state index contributed by atoms with van der Waals surface area (Å²) in [5.74, 6) is 0. The highest BCUT2D eigenvalue weighted by Gasteiger charge is 2.36. The first-order valence-electron chi connectivity index (χ1n) is 6.04. The second kappa shape index (κ2) is 4.40. The second-order valence-electron chi connectivity index (χ2n) is 5.63. The smallest absolute Gasteiger partial charge is 0.0612 e. The second-order valence-corrected chi connectivity index (χ2v) is 5.63. The number of hydrogen-bond acceptors (Lipinski definition) is 3. The molecule has 1 heterocycles. The van der Waals surface area contributed by atoms with Gasteiger partial charge in [-0.15, -0.1) is 0 Å². The van der Waals surface area contributed by atoms with Gasteiger partial charge in [-0.1, -0.05) is 0 Å². The molecule has 3 nitrogen and oxygen atoms in total. The lowest BCUT2D eigenvalue weighted by Gasteiger charge is -2.45. The van der Waals surface area contributed by atoms with Crippen LogP contribution < -0.4 is 0 Å². The molecule has 1 aliphatic heterocycles. The molecule has 0 aromatic heterocycles. The molecule has 0 radical (unpaired) electrons. The van der Waals surface area contributed by atoms with Gasteiger partial charge < -0.3 is 9.47 Å². The first kappa shape index (κ1) is 11.4. The van der Waals surface area contributed by atoms with Gasteiger partial charge in [0.1, 0.15) is 0 Å². The molecule has 0 N–H and O–H groups in total. The van der Waals surface area contributed by atoms with Gasteiger partial charge in [-0.05, 0) is 33.6 Å². The fraction of sp³-hybridized carbons (Fsp3) is 1.00. The summed E-state index contributed by atoms with van der Waals surface area (Å²) in [6, 6.07) is 0.751. The van der Waals surface area contributed by atoms with Crippen LogP contribution in [-0.4, -0.2) is 49.0 Å². The van der Waals surface area contributed by atoms with Crippen LogP contribution >= 0.6 is 0 Å². The molecule has 0 atom stereocenters. The average molecular weight is 213 g/mol. The number of ether oxygens (including phenoxy) is 2. The molecule has 1 saturated heterocycles.